The van der Waals surface area contributed by atoms with E-state index in [4.69, 9.17) is 12.2 Å². The first-order valence-electron chi connectivity index (χ1n) is 5.32. The Hall–Kier alpha value is -1.42. The third-order valence-electron chi connectivity index (χ3n) is 2.01. The van der Waals surface area contributed by atoms with E-state index in [2.05, 4.69) is 28.6 Å². The minimum Gasteiger partial charge on any atom is -0.360 e. The van der Waals surface area contributed by atoms with Crippen LogP contribution in [0.4, 0.5) is 5.82 Å². The molecule has 0 amide bonds. The maximum Gasteiger partial charge on any atom is 0.172 e. The highest BCUT2D eigenvalue weighted by Crippen LogP contribution is 2.00. The van der Waals surface area contributed by atoms with Gasteiger partial charge in [-0.3, -0.25) is 0 Å². The van der Waals surface area contributed by atoms with Crippen LogP contribution in [0.2, 0.25) is 0 Å². The van der Waals surface area contributed by atoms with E-state index in [0.29, 0.717) is 11.2 Å². The van der Waals surface area contributed by atoms with Crippen molar-refractivity contribution in [2.45, 2.75) is 26.3 Å². The van der Waals surface area contributed by atoms with Crippen LogP contribution in [-0.4, -0.2) is 16.1 Å². The Labute approximate surface area is 102 Å². The van der Waals surface area contributed by atoms with Gasteiger partial charge in [0.25, 0.3) is 0 Å². The van der Waals surface area contributed by atoms with E-state index in [1.807, 2.05) is 31.2 Å². The Morgan fingerprint density at radius 2 is 2.38 bits per heavy atom. The van der Waals surface area contributed by atoms with Gasteiger partial charge in [0.15, 0.2) is 5.11 Å². The van der Waals surface area contributed by atoms with E-state index in [9.17, 15) is 0 Å². The summed E-state index contributed by atoms with van der Waals surface area (Å²) in [5.41, 5.74) is 0. The van der Waals surface area contributed by atoms with Crippen LogP contribution in [0.3, 0.4) is 0 Å². The van der Waals surface area contributed by atoms with E-state index in [0.717, 1.165) is 12.2 Å². The standard InChI is InChI=1S/C12H17N3S/c1-3-4-7-10(2)14-12(16)15-11-8-5-6-9-13-11/h3-6,8-10H,7H2,1-2H3,(H2,13,14,15,16). The monoisotopic (exact) mass is 235 g/mol. The lowest BCUT2D eigenvalue weighted by Gasteiger charge is -2.14. The summed E-state index contributed by atoms with van der Waals surface area (Å²) in [7, 11) is 0. The molecule has 0 aliphatic carbocycles. The summed E-state index contributed by atoms with van der Waals surface area (Å²) in [6.45, 7) is 4.10. The second-order valence-corrected chi connectivity index (χ2v) is 3.93. The van der Waals surface area contributed by atoms with Gasteiger partial charge in [-0.2, -0.15) is 0 Å². The molecule has 0 aliphatic rings. The number of anilines is 1. The first kappa shape index (κ1) is 12.6. The zero-order valence-electron chi connectivity index (χ0n) is 9.60. The largest absolute Gasteiger partial charge is 0.360 e. The van der Waals surface area contributed by atoms with Gasteiger partial charge in [-0.05, 0) is 44.6 Å². The first-order chi connectivity index (χ1) is 7.72. The maximum absolute atomic E-state index is 5.18. The number of aromatic nitrogens is 1. The SMILES string of the molecule is CC=CCC(C)NC(=S)Nc1ccccn1. The highest BCUT2D eigenvalue weighted by Gasteiger charge is 2.02. The molecule has 2 N–H and O–H groups in total. The van der Waals surface area contributed by atoms with Crippen molar-refractivity contribution in [1.29, 1.82) is 0 Å². The van der Waals surface area contributed by atoms with Gasteiger partial charge in [-0.25, -0.2) is 4.98 Å². The van der Waals surface area contributed by atoms with E-state index in [-0.39, 0.29) is 0 Å². The van der Waals surface area contributed by atoms with Crippen molar-refractivity contribution < 1.29 is 0 Å². The van der Waals surface area contributed by atoms with Gasteiger partial charge in [-0.1, -0.05) is 18.2 Å². The summed E-state index contributed by atoms with van der Waals surface area (Å²) in [5, 5.41) is 6.83. The maximum atomic E-state index is 5.18. The van der Waals surface area contributed by atoms with E-state index < -0.39 is 0 Å². The molecule has 1 aromatic heterocycles. The zero-order valence-corrected chi connectivity index (χ0v) is 10.4. The van der Waals surface area contributed by atoms with Crippen molar-refractivity contribution in [1.82, 2.24) is 10.3 Å². The average Bonchev–Trinajstić information content (AvgIpc) is 2.27. The molecule has 1 atom stereocenters. The van der Waals surface area contributed by atoms with Crippen LogP contribution in [0.5, 0.6) is 0 Å². The topological polar surface area (TPSA) is 37.0 Å². The number of hydrogen-bond acceptors (Lipinski definition) is 2. The normalized spacial score (nSPS) is 12.4. The number of nitrogens with zero attached hydrogens (tertiary/aromatic N) is 1. The fourth-order valence-electron chi connectivity index (χ4n) is 1.21. The van der Waals surface area contributed by atoms with Gasteiger partial charge in [0.1, 0.15) is 5.82 Å². The smallest absolute Gasteiger partial charge is 0.172 e. The number of allylic oxidation sites excluding steroid dienone is 1. The molecule has 0 aromatic carbocycles. The van der Waals surface area contributed by atoms with Crippen LogP contribution in [0.15, 0.2) is 36.5 Å². The molecule has 1 unspecified atom stereocenters. The third-order valence-corrected chi connectivity index (χ3v) is 2.23. The first-order valence-corrected chi connectivity index (χ1v) is 5.73. The number of nitrogens with one attached hydrogen (secondary N) is 2. The Morgan fingerprint density at radius 1 is 1.56 bits per heavy atom. The number of thiocarbonyl (C=S) groups is 1. The fraction of sp³-hybridized carbons (Fsp3) is 0.333. The van der Waals surface area contributed by atoms with Crippen molar-refractivity contribution in [3.8, 4) is 0 Å². The summed E-state index contributed by atoms with van der Waals surface area (Å²) >= 11 is 5.18. The summed E-state index contributed by atoms with van der Waals surface area (Å²) in [4.78, 5) is 4.14. The van der Waals surface area contributed by atoms with Crippen molar-refractivity contribution in [3.05, 3.63) is 36.5 Å². The van der Waals surface area contributed by atoms with Crippen LogP contribution in [0.1, 0.15) is 20.3 Å². The van der Waals surface area contributed by atoms with Crippen LogP contribution in [0.25, 0.3) is 0 Å². The van der Waals surface area contributed by atoms with Crippen LogP contribution in [0, 0.1) is 0 Å². The molecule has 1 aromatic rings. The summed E-state index contributed by atoms with van der Waals surface area (Å²) < 4.78 is 0. The summed E-state index contributed by atoms with van der Waals surface area (Å²) in [5.74, 6) is 0.762. The minimum absolute atomic E-state index is 0.319. The lowest BCUT2D eigenvalue weighted by Crippen LogP contribution is -2.35. The molecule has 1 rings (SSSR count). The molecule has 3 nitrogen and oxygen atoms in total. The molecule has 86 valence electrons. The molecule has 16 heavy (non-hydrogen) atoms. The fourth-order valence-corrected chi connectivity index (χ4v) is 1.52. The summed E-state index contributed by atoms with van der Waals surface area (Å²) in [6, 6.07) is 5.99. The predicted molar refractivity (Wildman–Crippen MR) is 72.5 cm³/mol. The Bertz CT molecular complexity index is 349. The van der Waals surface area contributed by atoms with Gasteiger partial charge in [-0.15, -0.1) is 0 Å². The Morgan fingerprint density at radius 3 is 3.00 bits per heavy atom. The molecule has 0 bridgehead atoms. The molecular formula is C12H17N3S. The van der Waals surface area contributed by atoms with Gasteiger partial charge in [0.2, 0.25) is 0 Å². The van der Waals surface area contributed by atoms with Crippen LogP contribution >= 0.6 is 12.2 Å². The molecule has 0 saturated carbocycles. The average molecular weight is 235 g/mol. The van der Waals surface area contributed by atoms with E-state index in [1.165, 1.54) is 0 Å². The Balaban J connectivity index is 2.36. The number of rotatable bonds is 4. The third kappa shape index (κ3) is 4.89. The summed E-state index contributed by atoms with van der Waals surface area (Å²) in [6.07, 6.45) is 6.84. The molecule has 4 heteroatoms. The van der Waals surface area contributed by atoms with Gasteiger partial charge >= 0.3 is 0 Å². The highest BCUT2D eigenvalue weighted by molar-refractivity contribution is 7.80. The van der Waals surface area contributed by atoms with E-state index >= 15 is 0 Å². The van der Waals surface area contributed by atoms with Crippen molar-refractivity contribution >= 4 is 23.1 Å². The molecule has 0 aliphatic heterocycles. The van der Waals surface area contributed by atoms with Gasteiger partial charge < -0.3 is 10.6 Å². The van der Waals surface area contributed by atoms with Crippen molar-refractivity contribution in [2.75, 3.05) is 5.32 Å². The number of hydrogen-bond donors (Lipinski definition) is 2. The molecule has 0 spiro atoms. The van der Waals surface area contributed by atoms with Gasteiger partial charge in [0.05, 0.1) is 0 Å². The van der Waals surface area contributed by atoms with Crippen LogP contribution in [-0.2, 0) is 0 Å². The predicted octanol–water partition coefficient (Wildman–Crippen LogP) is 2.72. The van der Waals surface area contributed by atoms with Crippen molar-refractivity contribution in [3.63, 3.8) is 0 Å². The second kappa shape index (κ2) is 6.95. The van der Waals surface area contributed by atoms with E-state index in [1.54, 1.807) is 6.20 Å². The zero-order chi connectivity index (χ0) is 11.8. The second-order valence-electron chi connectivity index (χ2n) is 3.52. The highest BCUT2D eigenvalue weighted by atomic mass is 32.1. The minimum atomic E-state index is 0.319. The molecule has 0 fully saturated rings. The van der Waals surface area contributed by atoms with Crippen molar-refractivity contribution in [2.24, 2.45) is 0 Å². The molecular weight excluding hydrogens is 218 g/mol. The van der Waals surface area contributed by atoms with Crippen LogP contribution < -0.4 is 10.6 Å². The lowest BCUT2D eigenvalue weighted by molar-refractivity contribution is 0.678. The Kier molecular flexibility index (Phi) is 5.50. The van der Waals surface area contributed by atoms with Gasteiger partial charge in [0, 0.05) is 12.2 Å². The quantitative estimate of drug-likeness (QED) is 0.621. The molecule has 1 heterocycles. The molecule has 0 saturated heterocycles. The lowest BCUT2D eigenvalue weighted by atomic mass is 10.2. The molecule has 0 radical (unpaired) electrons. The number of pyridine rings is 1.